The molecule has 1 atom stereocenters. The van der Waals surface area contributed by atoms with Gasteiger partial charge in [-0.25, -0.2) is 0 Å². The SMILES string of the molecule is C=CCCCCCCCC(=O)O[C@@H](CO)COC(=O)CCCCCCCCC. The van der Waals surface area contributed by atoms with E-state index in [4.69, 9.17) is 9.47 Å². The summed E-state index contributed by atoms with van der Waals surface area (Å²) in [4.78, 5) is 23.6. The van der Waals surface area contributed by atoms with Gasteiger partial charge in [-0.05, 0) is 25.7 Å². The molecule has 0 fully saturated rings. The highest BCUT2D eigenvalue weighted by Gasteiger charge is 2.15. The van der Waals surface area contributed by atoms with E-state index in [1.54, 1.807) is 0 Å². The molecule has 0 radical (unpaired) electrons. The van der Waals surface area contributed by atoms with E-state index < -0.39 is 6.10 Å². The standard InChI is InChI=1S/C23H42O5/c1-3-5-7-9-11-13-15-17-22(25)27-20-21(19-24)28-23(26)18-16-14-12-10-8-6-4-2/h4,21,24H,2-3,5-20H2,1H3/t21-/m0/s1. The van der Waals surface area contributed by atoms with Gasteiger partial charge in [0, 0.05) is 12.8 Å². The first-order chi connectivity index (χ1) is 13.6. The number of aliphatic hydroxyl groups is 1. The van der Waals surface area contributed by atoms with Gasteiger partial charge in [-0.3, -0.25) is 9.59 Å². The molecular formula is C23H42O5. The molecule has 5 heteroatoms. The second kappa shape index (κ2) is 20.4. The van der Waals surface area contributed by atoms with Crippen molar-refractivity contribution in [3.05, 3.63) is 12.7 Å². The van der Waals surface area contributed by atoms with Crippen LogP contribution in [0.3, 0.4) is 0 Å². The van der Waals surface area contributed by atoms with Crippen molar-refractivity contribution in [3.63, 3.8) is 0 Å². The molecule has 164 valence electrons. The van der Waals surface area contributed by atoms with Crippen molar-refractivity contribution in [3.8, 4) is 0 Å². The second-order valence-electron chi connectivity index (χ2n) is 7.44. The molecule has 0 rings (SSSR count). The third-order valence-corrected chi connectivity index (χ3v) is 4.71. The fraction of sp³-hybridized carbons (Fsp3) is 0.826. The highest BCUT2D eigenvalue weighted by molar-refractivity contribution is 5.70. The van der Waals surface area contributed by atoms with Gasteiger partial charge in [0.15, 0.2) is 6.10 Å². The number of unbranched alkanes of at least 4 members (excludes halogenated alkanes) is 11. The van der Waals surface area contributed by atoms with Crippen molar-refractivity contribution in [2.24, 2.45) is 0 Å². The third-order valence-electron chi connectivity index (χ3n) is 4.71. The lowest BCUT2D eigenvalue weighted by Gasteiger charge is -2.15. The topological polar surface area (TPSA) is 72.8 Å². The Kier molecular flexibility index (Phi) is 19.4. The van der Waals surface area contributed by atoms with E-state index in [1.165, 1.54) is 25.7 Å². The van der Waals surface area contributed by atoms with Crippen LogP contribution in [0.5, 0.6) is 0 Å². The summed E-state index contributed by atoms with van der Waals surface area (Å²) in [6.45, 7) is 5.49. The molecule has 0 unspecified atom stereocenters. The van der Waals surface area contributed by atoms with Crippen molar-refractivity contribution in [1.29, 1.82) is 0 Å². The minimum atomic E-state index is -0.766. The minimum Gasteiger partial charge on any atom is -0.462 e. The van der Waals surface area contributed by atoms with Crippen LogP contribution in [0.25, 0.3) is 0 Å². The number of hydrogen-bond acceptors (Lipinski definition) is 5. The van der Waals surface area contributed by atoms with Gasteiger partial charge in [0.05, 0.1) is 6.61 Å². The van der Waals surface area contributed by atoms with Crippen LogP contribution in [0.15, 0.2) is 12.7 Å². The molecule has 0 amide bonds. The molecule has 0 aromatic rings. The van der Waals surface area contributed by atoms with E-state index in [0.717, 1.165) is 57.8 Å². The molecule has 0 aliphatic heterocycles. The monoisotopic (exact) mass is 398 g/mol. The van der Waals surface area contributed by atoms with Crippen LogP contribution in [0.2, 0.25) is 0 Å². The van der Waals surface area contributed by atoms with Gasteiger partial charge in [0.2, 0.25) is 0 Å². The highest BCUT2D eigenvalue weighted by atomic mass is 16.6. The number of hydrogen-bond donors (Lipinski definition) is 1. The first-order valence-corrected chi connectivity index (χ1v) is 11.2. The van der Waals surface area contributed by atoms with Gasteiger partial charge in [0.1, 0.15) is 6.61 Å². The fourth-order valence-electron chi connectivity index (χ4n) is 2.94. The molecule has 5 nitrogen and oxygen atoms in total. The summed E-state index contributed by atoms with van der Waals surface area (Å²) < 4.78 is 10.3. The summed E-state index contributed by atoms with van der Waals surface area (Å²) in [5.41, 5.74) is 0. The molecular weight excluding hydrogens is 356 g/mol. The average molecular weight is 399 g/mol. The van der Waals surface area contributed by atoms with Crippen LogP contribution >= 0.6 is 0 Å². The summed E-state index contributed by atoms with van der Waals surface area (Å²) in [7, 11) is 0. The zero-order valence-corrected chi connectivity index (χ0v) is 18.0. The maximum atomic E-state index is 11.8. The van der Waals surface area contributed by atoms with Crippen LogP contribution in [-0.2, 0) is 19.1 Å². The Morgan fingerprint density at radius 3 is 1.96 bits per heavy atom. The summed E-state index contributed by atoms with van der Waals surface area (Å²) in [6, 6.07) is 0. The number of rotatable bonds is 20. The Hall–Kier alpha value is -1.36. The normalized spacial score (nSPS) is 11.8. The lowest BCUT2D eigenvalue weighted by atomic mass is 10.1. The van der Waals surface area contributed by atoms with Crippen LogP contribution in [0, 0.1) is 0 Å². The Morgan fingerprint density at radius 1 is 0.857 bits per heavy atom. The zero-order chi connectivity index (χ0) is 20.9. The molecule has 0 heterocycles. The third kappa shape index (κ3) is 18.0. The van der Waals surface area contributed by atoms with Crippen LogP contribution in [-0.4, -0.2) is 36.4 Å². The summed E-state index contributed by atoms with van der Waals surface area (Å²) in [5.74, 6) is -0.629. The first kappa shape index (κ1) is 26.6. The van der Waals surface area contributed by atoms with Gasteiger partial charge < -0.3 is 14.6 Å². The Balaban J connectivity index is 3.68. The quantitative estimate of drug-likeness (QED) is 0.167. The zero-order valence-electron chi connectivity index (χ0n) is 18.0. The largest absolute Gasteiger partial charge is 0.462 e. The maximum absolute atomic E-state index is 11.8. The van der Waals surface area contributed by atoms with Gasteiger partial charge in [-0.1, -0.05) is 70.8 Å². The molecule has 0 aromatic heterocycles. The van der Waals surface area contributed by atoms with Crippen molar-refractivity contribution in [2.75, 3.05) is 13.2 Å². The lowest BCUT2D eigenvalue weighted by Crippen LogP contribution is -2.28. The predicted octanol–water partition coefficient (Wildman–Crippen LogP) is 5.49. The van der Waals surface area contributed by atoms with Crippen molar-refractivity contribution in [1.82, 2.24) is 0 Å². The number of esters is 2. The number of carbonyl (C=O) groups excluding carboxylic acids is 2. The van der Waals surface area contributed by atoms with E-state index in [9.17, 15) is 14.7 Å². The van der Waals surface area contributed by atoms with Gasteiger partial charge in [-0.15, -0.1) is 6.58 Å². The molecule has 0 aliphatic carbocycles. The van der Waals surface area contributed by atoms with Crippen molar-refractivity contribution in [2.45, 2.75) is 109 Å². The Morgan fingerprint density at radius 2 is 1.39 bits per heavy atom. The first-order valence-electron chi connectivity index (χ1n) is 11.2. The van der Waals surface area contributed by atoms with Crippen LogP contribution in [0.1, 0.15) is 103 Å². The van der Waals surface area contributed by atoms with Crippen LogP contribution in [0.4, 0.5) is 0 Å². The predicted molar refractivity (Wildman–Crippen MR) is 113 cm³/mol. The van der Waals surface area contributed by atoms with Crippen molar-refractivity contribution >= 4 is 11.9 Å². The number of ether oxygens (including phenoxy) is 2. The van der Waals surface area contributed by atoms with Gasteiger partial charge in [0.25, 0.3) is 0 Å². The summed E-state index contributed by atoms with van der Waals surface area (Å²) in [6.07, 6.45) is 16.1. The average Bonchev–Trinajstić information content (AvgIpc) is 2.69. The fourth-order valence-corrected chi connectivity index (χ4v) is 2.94. The minimum absolute atomic E-state index is 0.0703. The van der Waals surface area contributed by atoms with E-state index in [1.807, 2.05) is 6.08 Å². The number of aliphatic hydroxyl groups excluding tert-OH is 1. The molecule has 0 aliphatic rings. The second-order valence-corrected chi connectivity index (χ2v) is 7.44. The summed E-state index contributed by atoms with van der Waals surface area (Å²) in [5, 5.41) is 9.32. The van der Waals surface area contributed by atoms with E-state index in [0.29, 0.717) is 12.8 Å². The number of allylic oxidation sites excluding steroid dienone is 1. The molecule has 0 saturated carbocycles. The Bertz CT molecular complexity index is 394. The lowest BCUT2D eigenvalue weighted by molar-refractivity contribution is -0.161. The number of carbonyl (C=O) groups is 2. The molecule has 1 N–H and O–H groups in total. The smallest absolute Gasteiger partial charge is 0.306 e. The summed E-state index contributed by atoms with van der Waals surface area (Å²) >= 11 is 0. The van der Waals surface area contributed by atoms with Gasteiger partial charge >= 0.3 is 11.9 Å². The molecule has 0 saturated heterocycles. The van der Waals surface area contributed by atoms with E-state index in [-0.39, 0.29) is 25.2 Å². The van der Waals surface area contributed by atoms with Crippen molar-refractivity contribution < 1.29 is 24.2 Å². The molecule has 0 bridgehead atoms. The molecule has 28 heavy (non-hydrogen) atoms. The van der Waals surface area contributed by atoms with Gasteiger partial charge in [-0.2, -0.15) is 0 Å². The van der Waals surface area contributed by atoms with E-state index in [2.05, 4.69) is 13.5 Å². The Labute approximate surface area is 171 Å². The molecule has 0 aromatic carbocycles. The highest BCUT2D eigenvalue weighted by Crippen LogP contribution is 2.10. The van der Waals surface area contributed by atoms with E-state index >= 15 is 0 Å². The molecule has 0 spiro atoms. The maximum Gasteiger partial charge on any atom is 0.306 e. The van der Waals surface area contributed by atoms with Crippen LogP contribution < -0.4 is 0 Å².